The van der Waals surface area contributed by atoms with E-state index in [0.717, 1.165) is 32.2 Å². The van der Waals surface area contributed by atoms with Crippen molar-refractivity contribution in [1.82, 2.24) is 21.3 Å². The molecule has 1 aromatic rings. The Balaban J connectivity index is 2.73. The zero-order valence-electron chi connectivity index (χ0n) is 31.0. The number of hydrogen-bond acceptors (Lipinski definition) is 7. The number of rotatable bonds is 21. The Labute approximate surface area is 295 Å². The lowest BCUT2D eigenvalue weighted by Gasteiger charge is -2.32. The number of nitrogens with one attached hydrogen (secondary N) is 5. The Bertz CT molecular complexity index is 1180. The van der Waals surface area contributed by atoms with Gasteiger partial charge < -0.3 is 37.1 Å². The van der Waals surface area contributed by atoms with Crippen molar-refractivity contribution in [1.29, 1.82) is 0 Å². The molecule has 2 radical (unpaired) electrons. The summed E-state index contributed by atoms with van der Waals surface area (Å²) in [5, 5.41) is 14.6. The predicted molar refractivity (Wildman–Crippen MR) is 195 cm³/mol. The van der Waals surface area contributed by atoms with E-state index in [0.29, 0.717) is 36.6 Å². The maximum absolute atomic E-state index is 13.4. The van der Waals surface area contributed by atoms with Gasteiger partial charge in [0, 0.05) is 24.7 Å². The minimum atomic E-state index is -0.953. The molecule has 274 valence electrons. The summed E-state index contributed by atoms with van der Waals surface area (Å²) in [5.41, 5.74) is 6.77. The average Bonchev–Trinajstić information content (AvgIpc) is 2.96. The lowest BCUT2D eigenvalue weighted by Crippen LogP contribution is -2.54. The minimum Gasteiger partial charge on any atom is -0.470 e. The molecule has 0 bridgehead atoms. The van der Waals surface area contributed by atoms with Gasteiger partial charge in [0.05, 0.1) is 0 Å². The Kier molecular flexibility index (Phi) is 19.0. The first kappa shape index (κ1) is 43.4. The molecule has 13 heteroatoms. The third kappa shape index (κ3) is 21.2. The fourth-order valence-corrected chi connectivity index (χ4v) is 5.49. The van der Waals surface area contributed by atoms with Crippen LogP contribution in [0.5, 0.6) is 0 Å². The second-order valence-electron chi connectivity index (χ2n) is 15.6. The van der Waals surface area contributed by atoms with Gasteiger partial charge in [-0.05, 0) is 79.5 Å². The van der Waals surface area contributed by atoms with E-state index in [-0.39, 0.29) is 42.2 Å². The first-order valence-corrected chi connectivity index (χ1v) is 17.4. The zero-order chi connectivity index (χ0) is 37.2. The van der Waals surface area contributed by atoms with E-state index in [2.05, 4.69) is 68.1 Å². The highest BCUT2D eigenvalue weighted by molar-refractivity contribution is 6.55. The van der Waals surface area contributed by atoms with Gasteiger partial charge in [0.15, 0.2) is 0 Å². The molecule has 0 unspecified atom stereocenters. The molecule has 0 saturated carbocycles. The quantitative estimate of drug-likeness (QED) is 0.0787. The standard InChI is InChI=1S/C36H61BN6O6/c1-24(2)30(43-29(44)14-10-9-11-19-39-27(21-35(3,4)5)22-36(6,7)8)32(46)42-28(13-12-20-40-34(38)48)31(45)41-26-17-15-25(16-18-26)23-49-33(37)47/h15-18,24,27-28,30,39H,9-14,19-23H2,1-8H3,(H,41,45)(H,42,46)(H,43,44)(H3,38,40,48)/t28-,30-/m0/s1. The molecule has 0 fully saturated rings. The van der Waals surface area contributed by atoms with Crippen LogP contribution in [0.1, 0.15) is 112 Å². The van der Waals surface area contributed by atoms with E-state index in [1.165, 1.54) is 0 Å². The van der Waals surface area contributed by atoms with Gasteiger partial charge in [-0.1, -0.05) is 73.9 Å². The van der Waals surface area contributed by atoms with E-state index in [1.807, 2.05) is 13.8 Å². The van der Waals surface area contributed by atoms with Gasteiger partial charge in [-0.25, -0.2) is 4.79 Å². The molecule has 0 heterocycles. The minimum absolute atomic E-state index is 0.00955. The topological polar surface area (TPSA) is 181 Å². The van der Waals surface area contributed by atoms with Crippen LogP contribution in [0, 0.1) is 16.7 Å². The highest BCUT2D eigenvalue weighted by Crippen LogP contribution is 2.28. The van der Waals surface area contributed by atoms with Crippen LogP contribution in [0.25, 0.3) is 0 Å². The van der Waals surface area contributed by atoms with Crippen molar-refractivity contribution in [2.75, 3.05) is 18.4 Å². The molecule has 1 rings (SSSR count). The van der Waals surface area contributed by atoms with E-state index in [4.69, 9.17) is 18.3 Å². The van der Waals surface area contributed by atoms with Crippen LogP contribution in [0.4, 0.5) is 15.3 Å². The lowest BCUT2D eigenvalue weighted by molar-refractivity contribution is -0.132. The normalized spacial score (nSPS) is 13.0. The van der Waals surface area contributed by atoms with Crippen molar-refractivity contribution in [3.05, 3.63) is 29.8 Å². The van der Waals surface area contributed by atoms with Gasteiger partial charge in [0.25, 0.3) is 0 Å². The smallest absolute Gasteiger partial charge is 0.312 e. The number of primary amides is 1. The number of urea groups is 1. The number of unbranched alkanes of at least 4 members (excludes halogenated alkanes) is 2. The maximum atomic E-state index is 13.4. The number of anilines is 1. The predicted octanol–water partition coefficient (Wildman–Crippen LogP) is 4.90. The molecule has 5 amide bonds. The van der Waals surface area contributed by atoms with Crippen molar-refractivity contribution < 1.29 is 28.7 Å². The van der Waals surface area contributed by atoms with Crippen molar-refractivity contribution in [3.8, 4) is 0 Å². The zero-order valence-corrected chi connectivity index (χ0v) is 31.0. The molecule has 49 heavy (non-hydrogen) atoms. The van der Waals surface area contributed by atoms with E-state index >= 15 is 0 Å². The summed E-state index contributed by atoms with van der Waals surface area (Å²) in [6, 6.07) is 4.56. The van der Waals surface area contributed by atoms with E-state index < -0.39 is 35.8 Å². The van der Waals surface area contributed by atoms with Gasteiger partial charge in [0.2, 0.25) is 31.4 Å². The van der Waals surface area contributed by atoms with Crippen molar-refractivity contribution in [3.63, 3.8) is 0 Å². The van der Waals surface area contributed by atoms with E-state index in [1.54, 1.807) is 24.3 Å². The fraction of sp³-hybridized carbons (Fsp3) is 0.694. The summed E-state index contributed by atoms with van der Waals surface area (Å²) in [7, 11) is 5.01. The number of ether oxygens (including phenoxy) is 1. The summed E-state index contributed by atoms with van der Waals surface area (Å²) in [4.78, 5) is 61.6. The molecule has 0 aliphatic heterocycles. The van der Waals surface area contributed by atoms with Crippen LogP contribution in [-0.2, 0) is 25.7 Å². The monoisotopic (exact) mass is 684 g/mol. The highest BCUT2D eigenvalue weighted by Gasteiger charge is 2.29. The molecule has 0 aliphatic rings. The second-order valence-corrected chi connectivity index (χ2v) is 15.6. The first-order chi connectivity index (χ1) is 22.8. The largest absolute Gasteiger partial charge is 0.470 e. The van der Waals surface area contributed by atoms with Crippen LogP contribution in [-0.4, -0.2) is 68.7 Å². The molecule has 2 atom stereocenters. The van der Waals surface area contributed by atoms with Crippen molar-refractivity contribution >= 4 is 43.2 Å². The summed E-state index contributed by atoms with van der Waals surface area (Å²) in [5.74, 6) is -2.28. The Morgan fingerprint density at radius 3 is 1.96 bits per heavy atom. The fourth-order valence-electron chi connectivity index (χ4n) is 5.49. The molecule has 0 aliphatic carbocycles. The van der Waals surface area contributed by atoms with Crippen LogP contribution in [0.15, 0.2) is 24.3 Å². The summed E-state index contributed by atoms with van der Waals surface area (Å²) >= 11 is 0. The van der Waals surface area contributed by atoms with Gasteiger partial charge in [-0.3, -0.25) is 19.2 Å². The number of benzene rings is 1. The van der Waals surface area contributed by atoms with Crippen LogP contribution in [0.2, 0.25) is 0 Å². The number of hydrogen-bond donors (Lipinski definition) is 6. The van der Waals surface area contributed by atoms with Crippen molar-refractivity contribution in [2.24, 2.45) is 22.5 Å². The third-order valence-electron chi connectivity index (χ3n) is 7.70. The molecule has 0 aromatic heterocycles. The molecule has 0 saturated heterocycles. The van der Waals surface area contributed by atoms with Gasteiger partial charge in [-0.2, -0.15) is 0 Å². The molecule has 12 nitrogen and oxygen atoms in total. The third-order valence-corrected chi connectivity index (χ3v) is 7.70. The van der Waals surface area contributed by atoms with Gasteiger partial charge in [-0.15, -0.1) is 0 Å². The Morgan fingerprint density at radius 1 is 0.816 bits per heavy atom. The Hall–Kier alpha value is -3.61. The second kappa shape index (κ2) is 21.5. The average molecular weight is 685 g/mol. The number of nitrogens with two attached hydrogens (primary N) is 1. The van der Waals surface area contributed by atoms with Gasteiger partial charge in [0.1, 0.15) is 18.7 Å². The maximum Gasteiger partial charge on any atom is 0.312 e. The number of amides is 5. The summed E-state index contributed by atoms with van der Waals surface area (Å²) < 4.78 is 4.78. The molecular weight excluding hydrogens is 623 g/mol. The van der Waals surface area contributed by atoms with Crippen LogP contribution in [0.3, 0.4) is 0 Å². The van der Waals surface area contributed by atoms with Crippen molar-refractivity contribution in [2.45, 2.75) is 131 Å². The molecule has 0 spiro atoms. The molecule has 1 aromatic carbocycles. The first-order valence-electron chi connectivity index (χ1n) is 17.4. The van der Waals surface area contributed by atoms with E-state index in [9.17, 15) is 24.0 Å². The van der Waals surface area contributed by atoms with Crippen LogP contribution >= 0.6 is 0 Å². The summed E-state index contributed by atoms with van der Waals surface area (Å²) in [6.45, 7) is 18.3. The molecular formula is C36H61BN6O6. The number of carbonyl (C=O) groups excluding carboxylic acids is 5. The van der Waals surface area contributed by atoms with Crippen LogP contribution < -0.4 is 32.3 Å². The SMILES string of the molecule is [B]C(=O)OCc1ccc(NC(=O)[C@H](CCCNC(N)=O)NC(=O)[C@@H](NC(=O)CCCCCNC(CC(C)(C)C)CC(C)(C)C)C(C)C)cc1. The lowest BCUT2D eigenvalue weighted by atomic mass is 9.80. The highest BCUT2D eigenvalue weighted by atomic mass is 16.5. The molecule has 7 N–H and O–H groups in total. The van der Waals surface area contributed by atoms with Gasteiger partial charge >= 0.3 is 6.03 Å². The number of carbonyl (C=O) groups is 5. The Morgan fingerprint density at radius 2 is 1.43 bits per heavy atom. The summed E-state index contributed by atoms with van der Waals surface area (Å²) in [6.07, 6.45) is 5.62.